The molecule has 1 aliphatic carbocycles. The number of rotatable bonds is 6. The molecule has 0 aromatic rings. The third kappa shape index (κ3) is 13.9. The van der Waals surface area contributed by atoms with Crippen molar-refractivity contribution < 1.29 is 61.9 Å². The summed E-state index contributed by atoms with van der Waals surface area (Å²) in [5, 5.41) is 34.1. The molecule has 15 nitrogen and oxygen atoms in total. The number of hydrogen-bond donors (Lipinski definition) is 3. The highest BCUT2D eigenvalue weighted by Gasteiger charge is 2.54. The predicted octanol–water partition coefficient (Wildman–Crippen LogP) is 6.00. The minimum absolute atomic E-state index is 0.000453. The number of nitrogens with zero attached hydrogens (tertiary/aromatic N) is 2. The summed E-state index contributed by atoms with van der Waals surface area (Å²) in [5.41, 5.74) is 1.31. The van der Waals surface area contributed by atoms with Crippen molar-refractivity contribution in [3.63, 3.8) is 0 Å². The molecule has 1 amide bonds. The minimum Gasteiger partial charge on any atom is -0.461 e. The van der Waals surface area contributed by atoms with Gasteiger partial charge in [-0.05, 0) is 127 Å². The van der Waals surface area contributed by atoms with Gasteiger partial charge in [0.05, 0.1) is 24.1 Å². The Morgan fingerprint density at radius 1 is 0.824 bits per heavy atom. The van der Waals surface area contributed by atoms with E-state index in [0.29, 0.717) is 76.3 Å². The van der Waals surface area contributed by atoms with E-state index in [2.05, 4.69) is 0 Å². The molecule has 5 aliphatic rings. The van der Waals surface area contributed by atoms with Gasteiger partial charge in [0.15, 0.2) is 5.78 Å². The zero-order valence-corrected chi connectivity index (χ0v) is 42.9. The molecule has 0 spiro atoms. The van der Waals surface area contributed by atoms with E-state index < -0.39 is 87.9 Å². The topological polar surface area (TPSA) is 207 Å². The van der Waals surface area contributed by atoms with Gasteiger partial charge in [0, 0.05) is 45.2 Å². The van der Waals surface area contributed by atoms with Crippen LogP contribution in [0.5, 0.6) is 0 Å². The van der Waals surface area contributed by atoms with E-state index in [4.69, 9.17) is 18.9 Å². The second-order valence-corrected chi connectivity index (χ2v) is 22.9. The first-order valence-corrected chi connectivity index (χ1v) is 26.8. The Morgan fingerprint density at radius 3 is 2.22 bits per heavy atom. The van der Waals surface area contributed by atoms with Crippen LogP contribution in [0.2, 0.25) is 0 Å². The number of fused-ring (bicyclic) bond motifs is 3. The lowest BCUT2D eigenvalue weighted by Crippen LogP contribution is -2.61. The Labute approximate surface area is 405 Å². The molecule has 4 heterocycles. The molecule has 2 bridgehead atoms. The zero-order valence-electron chi connectivity index (χ0n) is 42.1. The minimum atomic E-state index is -3.53. The number of methoxy groups -OCH3 is 2. The molecule has 3 saturated heterocycles. The highest BCUT2D eigenvalue weighted by molar-refractivity contribution is 7.90. The summed E-state index contributed by atoms with van der Waals surface area (Å²) in [4.78, 5) is 58.1. The number of ketones is 2. The van der Waals surface area contributed by atoms with Crippen molar-refractivity contribution in [3.05, 3.63) is 47.6 Å². The lowest BCUT2D eigenvalue weighted by Gasteiger charge is -2.44. The number of sulfonamides is 1. The van der Waals surface area contributed by atoms with Crippen molar-refractivity contribution in [3.8, 4) is 0 Å². The molecule has 15 atom stereocenters. The number of Topliss-reactive ketones (excluding diaryl/α,β-unsaturated/α-hetero) is 2. The molecule has 0 aromatic heterocycles. The SMILES string of the molecule is CO[C@@H]1C[C@H](C[C@@H](C)[C@@H]2CC[C@H](C)/C=C(\C)[C@@H](O)[C@@H](OC)C(=O)[C@H](C)C[C@H](C)/C=C/C=C/C=C(\C)C(N3CCS3(=O)=O)C[C@@H]3CC[C@@H](C)[C@@](O)(O3)C(=O)C(=O)N3CCCC[C@H]3C(=O)O2)CC[C@H]1O. The van der Waals surface area contributed by atoms with Crippen LogP contribution in [-0.2, 0) is 48.1 Å². The Bertz CT molecular complexity index is 1980. The fourth-order valence-electron chi connectivity index (χ4n) is 11.1. The highest BCUT2D eigenvalue weighted by atomic mass is 32.2. The summed E-state index contributed by atoms with van der Waals surface area (Å²) >= 11 is 0. The van der Waals surface area contributed by atoms with Gasteiger partial charge in [0.2, 0.25) is 15.8 Å². The van der Waals surface area contributed by atoms with Gasteiger partial charge in [0.25, 0.3) is 11.7 Å². The number of aliphatic hydroxyl groups excluding tert-OH is 2. The maximum Gasteiger partial charge on any atom is 0.329 e. The fourth-order valence-corrected chi connectivity index (χ4v) is 12.4. The highest BCUT2D eigenvalue weighted by Crippen LogP contribution is 2.39. The molecular weight excluding hydrogens is 893 g/mol. The van der Waals surface area contributed by atoms with Gasteiger partial charge in [0.1, 0.15) is 24.4 Å². The van der Waals surface area contributed by atoms with Crippen molar-refractivity contribution >= 4 is 33.5 Å². The molecule has 3 N–H and O–H groups in total. The van der Waals surface area contributed by atoms with Crippen LogP contribution in [0.1, 0.15) is 132 Å². The third-order valence-electron chi connectivity index (χ3n) is 15.5. The van der Waals surface area contributed by atoms with Gasteiger partial charge < -0.3 is 39.2 Å². The van der Waals surface area contributed by atoms with Crippen LogP contribution in [0.15, 0.2) is 47.6 Å². The number of ether oxygens (including phenoxy) is 4. The van der Waals surface area contributed by atoms with Crippen molar-refractivity contribution in [2.24, 2.45) is 35.5 Å². The predicted molar refractivity (Wildman–Crippen MR) is 258 cm³/mol. The van der Waals surface area contributed by atoms with Crippen molar-refractivity contribution in [2.45, 2.75) is 186 Å². The van der Waals surface area contributed by atoms with Crippen LogP contribution in [0.3, 0.4) is 0 Å². The number of cyclic esters (lactones) is 1. The number of amides is 1. The van der Waals surface area contributed by atoms with Crippen molar-refractivity contribution in [1.29, 1.82) is 0 Å². The van der Waals surface area contributed by atoms with Crippen molar-refractivity contribution in [2.75, 3.05) is 33.1 Å². The van der Waals surface area contributed by atoms with Crippen LogP contribution in [0.4, 0.5) is 0 Å². The third-order valence-corrected chi connectivity index (χ3v) is 17.4. The van der Waals surface area contributed by atoms with Crippen LogP contribution in [0, 0.1) is 35.5 Å². The summed E-state index contributed by atoms with van der Waals surface area (Å²) < 4.78 is 51.3. The first kappa shape index (κ1) is 55.8. The van der Waals surface area contributed by atoms with Crippen molar-refractivity contribution in [1.82, 2.24) is 9.21 Å². The van der Waals surface area contributed by atoms with Gasteiger partial charge >= 0.3 is 5.97 Å². The van der Waals surface area contributed by atoms with E-state index >= 15 is 0 Å². The second-order valence-electron chi connectivity index (χ2n) is 20.9. The molecule has 0 aromatic carbocycles. The summed E-state index contributed by atoms with van der Waals surface area (Å²) in [5.74, 6) is -6.73. The maximum absolute atomic E-state index is 14.4. The van der Waals surface area contributed by atoms with Crippen LogP contribution in [-0.4, -0.2) is 144 Å². The molecule has 0 radical (unpaired) electrons. The molecule has 1 unspecified atom stereocenters. The van der Waals surface area contributed by atoms with E-state index in [0.717, 1.165) is 12.0 Å². The Balaban J connectivity index is 1.47. The molecule has 16 heteroatoms. The average Bonchev–Trinajstić information content (AvgIpc) is 3.30. The first-order valence-electron chi connectivity index (χ1n) is 25.2. The fraction of sp³-hybridized carbons (Fsp3) is 0.769. The molecule has 4 fully saturated rings. The monoisotopic (exact) mass is 975 g/mol. The lowest BCUT2D eigenvalue weighted by atomic mass is 9.78. The summed E-state index contributed by atoms with van der Waals surface area (Å²) in [6, 6.07) is -1.71. The summed E-state index contributed by atoms with van der Waals surface area (Å²) in [7, 11) is -0.515. The number of hydrogen-bond acceptors (Lipinski definition) is 13. The number of carbonyl (C=O) groups excluding carboxylic acids is 4. The Hall–Kier alpha value is -3.09. The van der Waals surface area contributed by atoms with Gasteiger partial charge in [-0.15, -0.1) is 0 Å². The lowest BCUT2D eigenvalue weighted by molar-refractivity contribution is -0.264. The van der Waals surface area contributed by atoms with Gasteiger partial charge in [-0.25, -0.2) is 13.2 Å². The Morgan fingerprint density at radius 2 is 1.56 bits per heavy atom. The van der Waals surface area contributed by atoms with E-state index in [-0.39, 0.29) is 60.7 Å². The number of allylic oxidation sites excluding steroid dienone is 6. The quantitative estimate of drug-likeness (QED) is 0.159. The molecule has 68 heavy (non-hydrogen) atoms. The van der Waals surface area contributed by atoms with Gasteiger partial charge in [-0.1, -0.05) is 76.6 Å². The van der Waals surface area contributed by atoms with Gasteiger partial charge in [-0.3, -0.25) is 14.4 Å². The Kier molecular flexibility index (Phi) is 20.4. The van der Waals surface area contributed by atoms with Crippen LogP contribution >= 0.6 is 0 Å². The molecule has 1 saturated carbocycles. The zero-order chi connectivity index (χ0) is 50.1. The van der Waals surface area contributed by atoms with E-state index in [9.17, 15) is 42.9 Å². The molecule has 384 valence electrons. The molecular formula is C52H82N2O13S. The summed E-state index contributed by atoms with van der Waals surface area (Å²) in [6.45, 7) is 13.5. The average molecular weight is 975 g/mol. The largest absolute Gasteiger partial charge is 0.461 e. The van der Waals surface area contributed by atoms with Gasteiger partial charge in [-0.2, -0.15) is 4.31 Å². The normalized spacial score (nSPS) is 41.2. The van der Waals surface area contributed by atoms with E-state index in [1.165, 1.54) is 16.3 Å². The number of carbonyl (C=O) groups is 4. The standard InChI is InChI=1S/C52H82N2O13S/c1-32-15-11-10-12-16-34(3)42(54-25-26-68(54,62)63)31-40-21-19-38(7)52(61,67-40)49(58)50(59)53-24-14-13-17-41(53)51(60)66-44(35(4)29-39-20-22-43(55)45(30-39)64-8)23-18-33(2)28-37(6)47(57)48(65-9)46(56)36(5)27-32/h10-12,15-16,28,32-33,35-36,38-45,47-48,55,57,61H,13-14,17-27,29-31H2,1-9H3/b12-10+,15-11+,34-16+,37-28+/t32-,33+,35-,36-,38-,39+,40+,41+,42?,43-,44+,45-,47-,48+,52-/m1/s1. The second kappa shape index (κ2) is 24.8. The molecule has 5 rings (SSSR count). The van der Waals surface area contributed by atoms with Crippen LogP contribution in [0.25, 0.3) is 0 Å². The van der Waals surface area contributed by atoms with E-state index in [1.807, 2.05) is 71.1 Å². The summed E-state index contributed by atoms with van der Waals surface area (Å²) in [6.07, 6.45) is 13.4. The number of piperidine rings is 1. The molecule has 4 aliphatic heterocycles. The number of esters is 1. The smallest absolute Gasteiger partial charge is 0.329 e. The van der Waals surface area contributed by atoms with Crippen LogP contribution < -0.4 is 0 Å². The van der Waals surface area contributed by atoms with E-state index in [1.54, 1.807) is 21.0 Å². The number of aliphatic hydroxyl groups is 3. The first-order chi connectivity index (χ1) is 32.1. The maximum atomic E-state index is 14.4.